The van der Waals surface area contributed by atoms with E-state index in [1.807, 2.05) is 13.8 Å². The zero-order valence-electron chi connectivity index (χ0n) is 9.45. The van der Waals surface area contributed by atoms with Crippen LogP contribution in [-0.2, 0) is 14.3 Å². The molecule has 0 saturated carbocycles. The molecule has 0 aromatic heterocycles. The van der Waals surface area contributed by atoms with Gasteiger partial charge in [0.25, 0.3) is 5.91 Å². The van der Waals surface area contributed by atoms with Crippen LogP contribution in [0.2, 0.25) is 0 Å². The molecule has 1 rings (SSSR count). The SMILES string of the molecule is CC.CNC(=O)/C=C/CN1COCC1=O. The average Bonchev–Trinajstić information content (AvgIpc) is 2.67. The molecule has 1 aliphatic rings. The first-order valence-electron chi connectivity index (χ1n) is 4.98. The molecule has 0 atom stereocenters. The van der Waals surface area contributed by atoms with Gasteiger partial charge in [-0.3, -0.25) is 9.59 Å². The van der Waals surface area contributed by atoms with Crippen molar-refractivity contribution in [1.29, 1.82) is 0 Å². The van der Waals surface area contributed by atoms with Crippen LogP contribution < -0.4 is 5.32 Å². The van der Waals surface area contributed by atoms with E-state index in [0.717, 1.165) is 0 Å². The highest BCUT2D eigenvalue weighted by molar-refractivity contribution is 5.87. The van der Waals surface area contributed by atoms with E-state index in [0.29, 0.717) is 13.3 Å². The van der Waals surface area contributed by atoms with Crippen LogP contribution in [-0.4, -0.2) is 43.6 Å². The van der Waals surface area contributed by atoms with Crippen LogP contribution in [0.4, 0.5) is 0 Å². The summed E-state index contributed by atoms with van der Waals surface area (Å²) in [5, 5.41) is 2.44. The Morgan fingerprint density at radius 2 is 2.27 bits per heavy atom. The van der Waals surface area contributed by atoms with Gasteiger partial charge in [0.1, 0.15) is 13.3 Å². The van der Waals surface area contributed by atoms with Crippen LogP contribution in [0.15, 0.2) is 12.2 Å². The molecule has 1 saturated heterocycles. The zero-order chi connectivity index (χ0) is 11.7. The first-order valence-corrected chi connectivity index (χ1v) is 4.98. The summed E-state index contributed by atoms with van der Waals surface area (Å²) in [6.07, 6.45) is 3.02. The molecule has 15 heavy (non-hydrogen) atoms. The Hall–Kier alpha value is -1.36. The number of hydrogen-bond donors (Lipinski definition) is 1. The van der Waals surface area contributed by atoms with E-state index in [1.165, 1.54) is 11.0 Å². The summed E-state index contributed by atoms with van der Waals surface area (Å²) in [4.78, 5) is 23.2. The fourth-order valence-electron chi connectivity index (χ4n) is 0.931. The zero-order valence-corrected chi connectivity index (χ0v) is 9.45. The van der Waals surface area contributed by atoms with Crippen molar-refractivity contribution in [1.82, 2.24) is 10.2 Å². The number of rotatable bonds is 3. The molecule has 1 aliphatic heterocycles. The maximum atomic E-state index is 11.0. The molecule has 86 valence electrons. The Kier molecular flexibility index (Phi) is 7.27. The lowest BCUT2D eigenvalue weighted by molar-refractivity contribution is -0.126. The molecule has 0 spiro atoms. The van der Waals surface area contributed by atoms with Gasteiger partial charge in [0.15, 0.2) is 0 Å². The molecular weight excluding hydrogens is 196 g/mol. The van der Waals surface area contributed by atoms with Gasteiger partial charge < -0.3 is 15.0 Å². The number of nitrogens with one attached hydrogen (secondary N) is 1. The van der Waals surface area contributed by atoms with Crippen molar-refractivity contribution in [3.05, 3.63) is 12.2 Å². The minimum absolute atomic E-state index is 0.0402. The molecule has 0 aromatic carbocycles. The van der Waals surface area contributed by atoms with Crippen LogP contribution >= 0.6 is 0 Å². The second kappa shape index (κ2) is 7.99. The van der Waals surface area contributed by atoms with Gasteiger partial charge in [-0.1, -0.05) is 19.9 Å². The maximum absolute atomic E-state index is 11.0. The van der Waals surface area contributed by atoms with Gasteiger partial charge in [0.2, 0.25) is 5.91 Å². The lowest BCUT2D eigenvalue weighted by Crippen LogP contribution is -2.26. The van der Waals surface area contributed by atoms with Crippen molar-refractivity contribution in [3.63, 3.8) is 0 Å². The molecule has 0 radical (unpaired) electrons. The number of carbonyl (C=O) groups excluding carboxylic acids is 2. The molecule has 5 nitrogen and oxygen atoms in total. The summed E-state index contributed by atoms with van der Waals surface area (Å²) < 4.78 is 4.90. The predicted molar refractivity (Wildman–Crippen MR) is 57.1 cm³/mol. The third-order valence-electron chi connectivity index (χ3n) is 1.67. The molecule has 0 aromatic rings. The predicted octanol–water partition coefficient (Wildman–Crippen LogP) is 0.131. The van der Waals surface area contributed by atoms with Crippen LogP contribution in [0.5, 0.6) is 0 Å². The third kappa shape index (κ3) is 5.17. The normalized spacial score (nSPS) is 15.1. The van der Waals surface area contributed by atoms with E-state index in [9.17, 15) is 9.59 Å². The van der Waals surface area contributed by atoms with Gasteiger partial charge in [-0.15, -0.1) is 0 Å². The van der Waals surface area contributed by atoms with Crippen molar-refractivity contribution in [2.75, 3.05) is 26.9 Å². The summed E-state index contributed by atoms with van der Waals surface area (Å²) in [7, 11) is 1.55. The van der Waals surface area contributed by atoms with Crippen molar-refractivity contribution < 1.29 is 14.3 Å². The molecular formula is C10H18N2O3. The van der Waals surface area contributed by atoms with Crippen molar-refractivity contribution in [2.45, 2.75) is 13.8 Å². The van der Waals surface area contributed by atoms with Gasteiger partial charge >= 0.3 is 0 Å². The van der Waals surface area contributed by atoms with Crippen molar-refractivity contribution >= 4 is 11.8 Å². The van der Waals surface area contributed by atoms with E-state index in [4.69, 9.17) is 4.74 Å². The Morgan fingerprint density at radius 1 is 1.60 bits per heavy atom. The van der Waals surface area contributed by atoms with Gasteiger partial charge in [-0.05, 0) is 0 Å². The molecule has 0 aliphatic carbocycles. The van der Waals surface area contributed by atoms with E-state index in [-0.39, 0.29) is 18.4 Å². The number of nitrogens with zero attached hydrogens (tertiary/aromatic N) is 1. The summed E-state index contributed by atoms with van der Waals surface area (Å²) in [5.74, 6) is -0.214. The Bertz CT molecular complexity index is 239. The van der Waals surface area contributed by atoms with E-state index < -0.39 is 0 Å². The van der Waals surface area contributed by atoms with Crippen LogP contribution in [0.25, 0.3) is 0 Å². The molecule has 0 bridgehead atoms. The Labute approximate surface area is 90.1 Å². The summed E-state index contributed by atoms with van der Waals surface area (Å²) in [6.45, 7) is 4.89. The minimum atomic E-state index is -0.174. The minimum Gasteiger partial charge on any atom is -0.356 e. The largest absolute Gasteiger partial charge is 0.356 e. The van der Waals surface area contributed by atoms with Crippen LogP contribution in [0.3, 0.4) is 0 Å². The molecule has 0 unspecified atom stereocenters. The number of likely N-dealkylation sites (N-methyl/N-ethyl adjacent to an activating group) is 1. The number of amides is 2. The molecule has 1 heterocycles. The highest BCUT2D eigenvalue weighted by atomic mass is 16.5. The summed E-state index contributed by atoms with van der Waals surface area (Å²) in [6, 6.07) is 0. The second-order valence-corrected chi connectivity index (χ2v) is 2.61. The van der Waals surface area contributed by atoms with E-state index >= 15 is 0 Å². The van der Waals surface area contributed by atoms with Crippen LogP contribution in [0, 0.1) is 0 Å². The number of hydrogen-bond acceptors (Lipinski definition) is 3. The third-order valence-corrected chi connectivity index (χ3v) is 1.67. The summed E-state index contributed by atoms with van der Waals surface area (Å²) >= 11 is 0. The Balaban J connectivity index is 0.000000921. The van der Waals surface area contributed by atoms with Crippen molar-refractivity contribution in [2.24, 2.45) is 0 Å². The number of ether oxygens (including phenoxy) is 1. The molecule has 2 amide bonds. The lowest BCUT2D eigenvalue weighted by atomic mass is 10.4. The van der Waals surface area contributed by atoms with Crippen molar-refractivity contribution in [3.8, 4) is 0 Å². The highest BCUT2D eigenvalue weighted by Crippen LogP contribution is 2.00. The van der Waals surface area contributed by atoms with Gasteiger partial charge in [0.05, 0.1) is 0 Å². The standard InChI is InChI=1S/C8H12N2O3.C2H6/c1-9-7(11)3-2-4-10-6-13-5-8(10)12;1-2/h2-3H,4-6H2,1H3,(H,9,11);1-2H3/b3-2+;. The fraction of sp³-hybridized carbons (Fsp3) is 0.600. The van der Waals surface area contributed by atoms with E-state index in [1.54, 1.807) is 13.1 Å². The maximum Gasteiger partial charge on any atom is 0.250 e. The smallest absolute Gasteiger partial charge is 0.250 e. The average molecular weight is 214 g/mol. The fourth-order valence-corrected chi connectivity index (χ4v) is 0.931. The molecule has 1 N–H and O–H groups in total. The Morgan fingerprint density at radius 3 is 2.73 bits per heavy atom. The van der Waals surface area contributed by atoms with E-state index in [2.05, 4.69) is 5.32 Å². The highest BCUT2D eigenvalue weighted by Gasteiger charge is 2.18. The molecule has 1 fully saturated rings. The first-order chi connectivity index (χ1) is 7.24. The quantitative estimate of drug-likeness (QED) is 0.679. The number of carbonyl (C=O) groups is 2. The second-order valence-electron chi connectivity index (χ2n) is 2.61. The van der Waals surface area contributed by atoms with Crippen LogP contribution in [0.1, 0.15) is 13.8 Å². The van der Waals surface area contributed by atoms with Gasteiger partial charge in [-0.2, -0.15) is 0 Å². The topological polar surface area (TPSA) is 58.6 Å². The van der Waals surface area contributed by atoms with Gasteiger partial charge in [-0.25, -0.2) is 0 Å². The first kappa shape index (κ1) is 13.6. The molecule has 5 heteroatoms. The monoisotopic (exact) mass is 214 g/mol. The lowest BCUT2D eigenvalue weighted by Gasteiger charge is -2.09. The van der Waals surface area contributed by atoms with Gasteiger partial charge in [0, 0.05) is 19.7 Å². The summed E-state index contributed by atoms with van der Waals surface area (Å²) in [5.41, 5.74) is 0.